The third kappa shape index (κ3) is 3.74. The molecule has 1 aromatic carbocycles. The van der Waals surface area contributed by atoms with Crippen molar-refractivity contribution in [2.75, 3.05) is 18.0 Å². The van der Waals surface area contributed by atoms with Crippen LogP contribution in [0.1, 0.15) is 19.4 Å². The molecule has 1 heterocycles. The molecule has 0 bridgehead atoms. The Morgan fingerprint density at radius 1 is 1.40 bits per heavy atom. The van der Waals surface area contributed by atoms with E-state index in [2.05, 4.69) is 4.90 Å². The van der Waals surface area contributed by atoms with Gasteiger partial charge in [-0.1, -0.05) is 17.7 Å². The summed E-state index contributed by atoms with van der Waals surface area (Å²) in [6, 6.07) is 5.66. The first-order chi connectivity index (χ1) is 9.45. The molecule has 1 aromatic rings. The van der Waals surface area contributed by atoms with Crippen molar-refractivity contribution in [1.29, 1.82) is 0 Å². The average Bonchev–Trinajstić information content (AvgIpc) is 2.35. The van der Waals surface area contributed by atoms with Crippen LogP contribution in [0.5, 0.6) is 0 Å². The lowest BCUT2D eigenvalue weighted by molar-refractivity contribution is -0.131. The second-order valence-electron chi connectivity index (χ2n) is 5.04. The minimum atomic E-state index is -0.985. The summed E-state index contributed by atoms with van der Waals surface area (Å²) >= 11 is 6.20. The summed E-state index contributed by atoms with van der Waals surface area (Å²) in [5.74, 6) is -0.985. The van der Waals surface area contributed by atoms with Crippen LogP contribution in [0, 0.1) is 0 Å². The summed E-state index contributed by atoms with van der Waals surface area (Å²) in [5, 5.41) is 9.18. The van der Waals surface area contributed by atoms with E-state index in [1.165, 1.54) is 6.08 Å². The second kappa shape index (κ2) is 6.29. The van der Waals surface area contributed by atoms with Crippen molar-refractivity contribution in [3.05, 3.63) is 34.9 Å². The quantitative estimate of drug-likeness (QED) is 0.871. The standard InChI is InChI=1S/C15H18ClNO3/c1-10-8-17(9-11(2)20-10)13-5-3-12(14(16)7-13)4-6-15(18)19/h3-7,10-11H,8-9H2,1-2H3,(H,18,19)/b6-4+/t10-,11+. The van der Waals surface area contributed by atoms with Crippen molar-refractivity contribution in [1.82, 2.24) is 0 Å². The Morgan fingerprint density at radius 2 is 2.05 bits per heavy atom. The van der Waals surface area contributed by atoms with E-state index in [0.29, 0.717) is 10.6 Å². The number of morpholine rings is 1. The molecule has 4 nitrogen and oxygen atoms in total. The highest BCUT2D eigenvalue weighted by Crippen LogP contribution is 2.27. The zero-order valence-electron chi connectivity index (χ0n) is 11.5. The number of carbonyl (C=O) groups is 1. The van der Waals surface area contributed by atoms with E-state index in [1.807, 2.05) is 32.0 Å². The number of nitrogens with zero attached hydrogens (tertiary/aromatic N) is 1. The number of aliphatic carboxylic acids is 1. The summed E-state index contributed by atoms with van der Waals surface area (Å²) < 4.78 is 5.71. The fourth-order valence-corrected chi connectivity index (χ4v) is 2.64. The van der Waals surface area contributed by atoms with E-state index < -0.39 is 5.97 Å². The molecule has 2 atom stereocenters. The maximum absolute atomic E-state index is 10.5. The van der Waals surface area contributed by atoms with Crippen molar-refractivity contribution < 1.29 is 14.6 Å². The van der Waals surface area contributed by atoms with Gasteiger partial charge >= 0.3 is 5.97 Å². The number of halogens is 1. The molecule has 2 rings (SSSR count). The lowest BCUT2D eigenvalue weighted by Crippen LogP contribution is -2.45. The van der Waals surface area contributed by atoms with Gasteiger partial charge in [0.25, 0.3) is 0 Å². The van der Waals surface area contributed by atoms with Gasteiger partial charge in [0.2, 0.25) is 0 Å². The third-order valence-electron chi connectivity index (χ3n) is 3.17. The van der Waals surface area contributed by atoms with Crippen molar-refractivity contribution in [3.8, 4) is 0 Å². The van der Waals surface area contributed by atoms with Gasteiger partial charge in [0.05, 0.1) is 12.2 Å². The zero-order chi connectivity index (χ0) is 14.7. The lowest BCUT2D eigenvalue weighted by Gasteiger charge is -2.37. The lowest BCUT2D eigenvalue weighted by atomic mass is 10.1. The van der Waals surface area contributed by atoms with E-state index in [9.17, 15) is 4.79 Å². The Labute approximate surface area is 123 Å². The van der Waals surface area contributed by atoms with Crippen LogP contribution < -0.4 is 4.90 Å². The first-order valence-corrected chi connectivity index (χ1v) is 6.94. The largest absolute Gasteiger partial charge is 0.478 e. The first-order valence-electron chi connectivity index (χ1n) is 6.56. The van der Waals surface area contributed by atoms with E-state index in [0.717, 1.165) is 24.9 Å². The highest BCUT2D eigenvalue weighted by Gasteiger charge is 2.22. The van der Waals surface area contributed by atoms with E-state index in [1.54, 1.807) is 0 Å². The van der Waals surface area contributed by atoms with Crippen molar-refractivity contribution in [2.24, 2.45) is 0 Å². The number of hydrogen-bond acceptors (Lipinski definition) is 3. The number of carboxylic acid groups (broad SMARTS) is 1. The molecule has 1 N–H and O–H groups in total. The summed E-state index contributed by atoms with van der Waals surface area (Å²) in [6.07, 6.45) is 2.95. The number of benzene rings is 1. The molecule has 0 radical (unpaired) electrons. The molecule has 20 heavy (non-hydrogen) atoms. The van der Waals surface area contributed by atoms with Gasteiger partial charge in [-0.3, -0.25) is 0 Å². The van der Waals surface area contributed by atoms with Gasteiger partial charge in [0.1, 0.15) is 0 Å². The molecule has 1 saturated heterocycles. The number of rotatable bonds is 3. The average molecular weight is 296 g/mol. The van der Waals surface area contributed by atoms with E-state index in [-0.39, 0.29) is 12.2 Å². The number of hydrogen-bond donors (Lipinski definition) is 1. The molecule has 1 aliphatic rings. The number of ether oxygens (including phenoxy) is 1. The minimum absolute atomic E-state index is 0.184. The maximum Gasteiger partial charge on any atom is 0.328 e. The molecular formula is C15H18ClNO3. The van der Waals surface area contributed by atoms with Gasteiger partial charge in [-0.2, -0.15) is 0 Å². The van der Waals surface area contributed by atoms with Crippen LogP contribution in [0.4, 0.5) is 5.69 Å². The van der Waals surface area contributed by atoms with Crippen LogP contribution in [0.3, 0.4) is 0 Å². The fourth-order valence-electron chi connectivity index (χ4n) is 2.40. The smallest absolute Gasteiger partial charge is 0.328 e. The van der Waals surface area contributed by atoms with Crippen LogP contribution in [0.2, 0.25) is 5.02 Å². The molecule has 5 heteroatoms. The molecule has 1 fully saturated rings. The Kier molecular flexibility index (Phi) is 4.68. The van der Waals surface area contributed by atoms with Crippen molar-refractivity contribution >= 4 is 29.3 Å². The summed E-state index contributed by atoms with van der Waals surface area (Å²) in [6.45, 7) is 5.75. The predicted octanol–water partition coefficient (Wildman–Crippen LogP) is 3.05. The molecule has 0 saturated carbocycles. The summed E-state index contributed by atoms with van der Waals surface area (Å²) in [7, 11) is 0. The molecule has 0 unspecified atom stereocenters. The molecule has 108 valence electrons. The maximum atomic E-state index is 10.5. The molecule has 0 spiro atoms. The Morgan fingerprint density at radius 3 is 2.60 bits per heavy atom. The van der Waals surface area contributed by atoms with Gasteiger partial charge in [0.15, 0.2) is 0 Å². The molecule has 0 amide bonds. The Bertz CT molecular complexity index is 520. The number of anilines is 1. The Balaban J connectivity index is 2.18. The van der Waals surface area contributed by atoms with Gasteiger partial charge < -0.3 is 14.7 Å². The monoisotopic (exact) mass is 295 g/mol. The normalized spacial score (nSPS) is 23.2. The van der Waals surface area contributed by atoms with Crippen LogP contribution in [0.15, 0.2) is 24.3 Å². The van der Waals surface area contributed by atoms with Gasteiger partial charge in [0, 0.05) is 29.9 Å². The fraction of sp³-hybridized carbons (Fsp3) is 0.400. The summed E-state index contributed by atoms with van der Waals surface area (Å²) in [5.41, 5.74) is 1.73. The summed E-state index contributed by atoms with van der Waals surface area (Å²) in [4.78, 5) is 12.7. The topological polar surface area (TPSA) is 49.8 Å². The third-order valence-corrected chi connectivity index (χ3v) is 3.50. The molecule has 1 aliphatic heterocycles. The van der Waals surface area contributed by atoms with Crippen LogP contribution >= 0.6 is 11.6 Å². The minimum Gasteiger partial charge on any atom is -0.478 e. The highest BCUT2D eigenvalue weighted by molar-refractivity contribution is 6.32. The van der Waals surface area contributed by atoms with Gasteiger partial charge in [-0.15, -0.1) is 0 Å². The van der Waals surface area contributed by atoms with E-state index >= 15 is 0 Å². The van der Waals surface area contributed by atoms with Crippen LogP contribution in [0.25, 0.3) is 6.08 Å². The number of carboxylic acids is 1. The SMILES string of the molecule is C[C@@H]1CN(c2ccc(/C=C/C(=O)O)c(Cl)c2)C[C@H](C)O1. The van der Waals surface area contributed by atoms with Crippen molar-refractivity contribution in [3.63, 3.8) is 0 Å². The Hall–Kier alpha value is -1.52. The molecule has 0 aliphatic carbocycles. The molecule has 0 aromatic heterocycles. The predicted molar refractivity (Wildman–Crippen MR) is 80.3 cm³/mol. The van der Waals surface area contributed by atoms with Gasteiger partial charge in [-0.25, -0.2) is 4.79 Å². The second-order valence-corrected chi connectivity index (χ2v) is 5.45. The highest BCUT2D eigenvalue weighted by atomic mass is 35.5. The van der Waals surface area contributed by atoms with Crippen LogP contribution in [-0.2, 0) is 9.53 Å². The van der Waals surface area contributed by atoms with Gasteiger partial charge in [-0.05, 0) is 37.6 Å². The first kappa shape index (κ1) is 14.9. The molecular weight excluding hydrogens is 278 g/mol. The van der Waals surface area contributed by atoms with Crippen LogP contribution in [-0.4, -0.2) is 36.4 Å². The van der Waals surface area contributed by atoms with Crippen molar-refractivity contribution in [2.45, 2.75) is 26.1 Å². The van der Waals surface area contributed by atoms with E-state index in [4.69, 9.17) is 21.4 Å². The zero-order valence-corrected chi connectivity index (χ0v) is 12.3.